The van der Waals surface area contributed by atoms with Crippen LogP contribution in [0.2, 0.25) is 36.3 Å². The molecule has 1 atom stereocenters. The van der Waals surface area contributed by atoms with Gasteiger partial charge in [-0.05, 0) is 47.9 Å². The van der Waals surface area contributed by atoms with Crippen LogP contribution < -0.4 is 5.32 Å². The summed E-state index contributed by atoms with van der Waals surface area (Å²) in [7, 11) is -4.20. The first-order valence-electron chi connectivity index (χ1n) is 12.3. The number of aromatic amines is 1. The summed E-state index contributed by atoms with van der Waals surface area (Å²) in [6, 6.07) is 7.43. The van der Waals surface area contributed by atoms with Crippen molar-refractivity contribution in [2.45, 2.75) is 95.8 Å². The number of hydrogen-bond acceptors (Lipinski definition) is 4. The third-order valence-electron chi connectivity index (χ3n) is 8.42. The molecule has 8 heteroatoms. The van der Waals surface area contributed by atoms with Crippen LogP contribution in [0.1, 0.15) is 52.8 Å². The van der Waals surface area contributed by atoms with E-state index in [0.29, 0.717) is 19.6 Å². The molecule has 1 aliphatic heterocycles. The normalized spacial score (nSPS) is 19.3. The zero-order chi connectivity index (χ0) is 25.7. The molecular formula is C26H44N2O4Si2. The maximum absolute atomic E-state index is 12.3. The molecule has 0 amide bonds. The molecule has 0 radical (unpaired) electrons. The molecule has 3 rings (SSSR count). The molecule has 0 aliphatic carbocycles. The Hall–Kier alpha value is -1.46. The van der Waals surface area contributed by atoms with Crippen molar-refractivity contribution < 1.29 is 18.8 Å². The van der Waals surface area contributed by atoms with Crippen molar-refractivity contribution >= 4 is 33.5 Å². The lowest BCUT2D eigenvalue weighted by molar-refractivity contribution is -0.140. The van der Waals surface area contributed by atoms with E-state index in [-0.39, 0.29) is 10.1 Å². The fourth-order valence-electron chi connectivity index (χ4n) is 3.94. The number of aromatic nitrogens is 1. The van der Waals surface area contributed by atoms with E-state index >= 15 is 0 Å². The fourth-order valence-corrected chi connectivity index (χ4v) is 6.02. The standard InChI is InChI=1S/C26H44N2O4Si2/c1-24(2,3)33(7,8)31-16-26(17-32-34(9,10)25(4,5)6)22-19(15-21(28-26)23(29)30)18-13-11-12-14-20(18)27-22/h11-14,21,27-28H,15-17H2,1-10H3,(H,29,30)/t21-/m0/s1. The number of rotatable bonds is 7. The molecule has 34 heavy (non-hydrogen) atoms. The van der Waals surface area contributed by atoms with Crippen molar-refractivity contribution in [2.75, 3.05) is 13.2 Å². The highest BCUT2D eigenvalue weighted by Crippen LogP contribution is 2.42. The van der Waals surface area contributed by atoms with Crippen LogP contribution in [0.4, 0.5) is 0 Å². The summed E-state index contributed by atoms with van der Waals surface area (Å²) in [5.74, 6) is -0.847. The monoisotopic (exact) mass is 504 g/mol. The Bertz CT molecular complexity index is 1020. The van der Waals surface area contributed by atoms with Crippen molar-refractivity contribution in [3.63, 3.8) is 0 Å². The molecule has 0 fully saturated rings. The fraction of sp³-hybridized carbons (Fsp3) is 0.654. The maximum atomic E-state index is 12.3. The summed E-state index contributed by atoms with van der Waals surface area (Å²) < 4.78 is 13.5. The molecule has 2 heterocycles. The minimum atomic E-state index is -2.10. The van der Waals surface area contributed by atoms with Crippen LogP contribution in [0.3, 0.4) is 0 Å². The number of fused-ring (bicyclic) bond motifs is 3. The van der Waals surface area contributed by atoms with Gasteiger partial charge in [-0.1, -0.05) is 59.7 Å². The number of hydrogen-bond donors (Lipinski definition) is 3. The number of aliphatic carboxylic acids is 1. The smallest absolute Gasteiger partial charge is 0.321 e. The average molecular weight is 505 g/mol. The molecule has 1 aromatic carbocycles. The van der Waals surface area contributed by atoms with E-state index in [1.54, 1.807) is 0 Å². The maximum Gasteiger partial charge on any atom is 0.321 e. The minimum absolute atomic E-state index is 0.0403. The van der Waals surface area contributed by atoms with Crippen LogP contribution in [-0.4, -0.2) is 52.0 Å². The lowest BCUT2D eigenvalue weighted by Crippen LogP contribution is -2.62. The number of carbonyl (C=O) groups is 1. The van der Waals surface area contributed by atoms with Gasteiger partial charge in [-0.3, -0.25) is 10.1 Å². The summed E-state index contributed by atoms with van der Waals surface area (Å²) in [4.78, 5) is 15.9. The van der Waals surface area contributed by atoms with Crippen LogP contribution in [0, 0.1) is 0 Å². The Morgan fingerprint density at radius 1 is 1.00 bits per heavy atom. The predicted molar refractivity (Wildman–Crippen MR) is 145 cm³/mol. The minimum Gasteiger partial charge on any atom is -0.480 e. The van der Waals surface area contributed by atoms with E-state index in [2.05, 4.69) is 90.2 Å². The van der Waals surface area contributed by atoms with E-state index in [0.717, 1.165) is 22.2 Å². The first-order valence-corrected chi connectivity index (χ1v) is 18.1. The van der Waals surface area contributed by atoms with Crippen molar-refractivity contribution in [3.05, 3.63) is 35.5 Å². The van der Waals surface area contributed by atoms with Crippen molar-refractivity contribution in [1.82, 2.24) is 10.3 Å². The highest BCUT2D eigenvalue weighted by atomic mass is 28.4. The topological polar surface area (TPSA) is 83.6 Å². The zero-order valence-corrected chi connectivity index (χ0v) is 24.7. The van der Waals surface area contributed by atoms with Crippen molar-refractivity contribution in [3.8, 4) is 0 Å². The van der Waals surface area contributed by atoms with E-state index in [9.17, 15) is 9.90 Å². The van der Waals surface area contributed by atoms with Crippen LogP contribution in [-0.2, 0) is 25.6 Å². The zero-order valence-electron chi connectivity index (χ0n) is 22.7. The second-order valence-corrected chi connectivity index (χ2v) is 22.6. The van der Waals surface area contributed by atoms with Crippen LogP contribution in [0.5, 0.6) is 0 Å². The second kappa shape index (κ2) is 8.89. The molecule has 1 aromatic heterocycles. The van der Waals surface area contributed by atoms with Gasteiger partial charge in [-0.2, -0.15) is 0 Å². The Labute approximate surface area is 207 Å². The van der Waals surface area contributed by atoms with Crippen LogP contribution in [0.25, 0.3) is 10.9 Å². The van der Waals surface area contributed by atoms with Gasteiger partial charge >= 0.3 is 5.97 Å². The Balaban J connectivity index is 2.14. The number of H-pyrrole nitrogens is 1. The van der Waals surface area contributed by atoms with Gasteiger partial charge in [0.05, 0.1) is 13.2 Å². The van der Waals surface area contributed by atoms with Gasteiger partial charge in [-0.15, -0.1) is 0 Å². The number of para-hydroxylation sites is 1. The van der Waals surface area contributed by atoms with Crippen molar-refractivity contribution in [2.24, 2.45) is 0 Å². The van der Waals surface area contributed by atoms with Gasteiger partial charge in [-0.25, -0.2) is 0 Å². The molecule has 1 aliphatic rings. The predicted octanol–water partition coefficient (Wildman–Crippen LogP) is 6.01. The van der Waals surface area contributed by atoms with Gasteiger partial charge in [0, 0.05) is 23.0 Å². The first-order chi connectivity index (χ1) is 15.4. The number of carboxylic acid groups (broad SMARTS) is 1. The lowest BCUT2D eigenvalue weighted by Gasteiger charge is -2.47. The summed E-state index contributed by atoms with van der Waals surface area (Å²) in [5.41, 5.74) is 2.30. The largest absolute Gasteiger partial charge is 0.480 e. The highest BCUT2D eigenvalue weighted by molar-refractivity contribution is 6.74. The molecule has 0 unspecified atom stereocenters. The number of carboxylic acids is 1. The molecule has 0 saturated heterocycles. The van der Waals surface area contributed by atoms with Gasteiger partial charge in [0.25, 0.3) is 0 Å². The van der Waals surface area contributed by atoms with Gasteiger partial charge < -0.3 is 18.9 Å². The number of nitrogens with one attached hydrogen (secondary N) is 2. The van der Waals surface area contributed by atoms with Gasteiger partial charge in [0.15, 0.2) is 16.6 Å². The summed E-state index contributed by atoms with van der Waals surface area (Å²) in [6.07, 6.45) is 0.427. The summed E-state index contributed by atoms with van der Waals surface area (Å²) in [5, 5.41) is 14.7. The first kappa shape index (κ1) is 27.1. The van der Waals surface area contributed by atoms with Gasteiger partial charge in [0.2, 0.25) is 0 Å². The Morgan fingerprint density at radius 3 is 1.97 bits per heavy atom. The molecule has 0 bridgehead atoms. The number of benzene rings is 1. The molecule has 190 valence electrons. The molecular weight excluding hydrogens is 460 g/mol. The molecule has 0 saturated carbocycles. The lowest BCUT2D eigenvalue weighted by atomic mass is 9.85. The molecule has 0 spiro atoms. The van der Waals surface area contributed by atoms with E-state index in [1.165, 1.54) is 0 Å². The molecule has 2 aromatic rings. The summed E-state index contributed by atoms with van der Waals surface area (Å²) in [6.45, 7) is 23.0. The van der Waals surface area contributed by atoms with Crippen LogP contribution in [0.15, 0.2) is 24.3 Å². The SMILES string of the molecule is CC(C)(C)[Si](C)(C)OCC1(CO[Si](C)(C)C(C)(C)C)N[C@H](C(=O)O)Cc2c1[nH]c1ccccc21. The van der Waals surface area contributed by atoms with Gasteiger partial charge in [0.1, 0.15) is 11.6 Å². The third-order valence-corrected chi connectivity index (χ3v) is 17.4. The van der Waals surface area contributed by atoms with Crippen LogP contribution >= 0.6 is 0 Å². The molecule has 3 N–H and O–H groups in total. The quantitative estimate of drug-likeness (QED) is 0.402. The van der Waals surface area contributed by atoms with E-state index < -0.39 is 34.2 Å². The highest BCUT2D eigenvalue weighted by Gasteiger charge is 2.49. The van der Waals surface area contributed by atoms with E-state index in [1.807, 2.05) is 12.1 Å². The van der Waals surface area contributed by atoms with E-state index in [4.69, 9.17) is 8.85 Å². The Kier molecular flexibility index (Phi) is 7.09. The average Bonchev–Trinajstić information content (AvgIpc) is 3.08. The Morgan fingerprint density at radius 2 is 1.50 bits per heavy atom. The molecule has 6 nitrogen and oxygen atoms in total. The summed E-state index contributed by atoms with van der Waals surface area (Å²) >= 11 is 0. The third kappa shape index (κ3) is 5.07. The second-order valence-electron chi connectivity index (χ2n) is 12.9. The van der Waals surface area contributed by atoms with Crippen molar-refractivity contribution in [1.29, 1.82) is 0 Å².